The van der Waals surface area contributed by atoms with Crippen LogP contribution in [0.15, 0.2) is 59.9 Å². The Kier molecular flexibility index (Phi) is 4.94. The highest BCUT2D eigenvalue weighted by Gasteiger charge is 2.10. The maximum absolute atomic E-state index is 6.21. The van der Waals surface area contributed by atoms with Crippen LogP contribution in [0.5, 0.6) is 5.75 Å². The summed E-state index contributed by atoms with van der Waals surface area (Å²) in [6, 6.07) is 15.9. The van der Waals surface area contributed by atoms with Gasteiger partial charge in [0.25, 0.3) is 0 Å². The van der Waals surface area contributed by atoms with Gasteiger partial charge in [0.1, 0.15) is 5.75 Å². The van der Waals surface area contributed by atoms with E-state index in [4.69, 9.17) is 16.3 Å². The number of aromatic nitrogens is 2. The standard InChI is InChI=1S/C18H17ClN2OS/c1-21-17(13-7-9-15(22-2)10-8-13)11-20-18(21)23-12-14-5-3-4-6-16(14)19/h3-11H,12H2,1-2H3. The first kappa shape index (κ1) is 16.0. The third-order valence-electron chi connectivity index (χ3n) is 3.65. The van der Waals surface area contributed by atoms with Crippen LogP contribution in [0.25, 0.3) is 11.3 Å². The molecule has 0 amide bonds. The van der Waals surface area contributed by atoms with E-state index >= 15 is 0 Å². The van der Waals surface area contributed by atoms with E-state index in [1.807, 2.05) is 61.8 Å². The largest absolute Gasteiger partial charge is 0.497 e. The van der Waals surface area contributed by atoms with Crippen LogP contribution in [0.2, 0.25) is 5.02 Å². The maximum atomic E-state index is 6.21. The normalized spacial score (nSPS) is 10.7. The molecular formula is C18H17ClN2OS. The fraction of sp³-hybridized carbons (Fsp3) is 0.167. The number of hydrogen-bond donors (Lipinski definition) is 0. The van der Waals surface area contributed by atoms with Gasteiger partial charge >= 0.3 is 0 Å². The van der Waals surface area contributed by atoms with Crippen molar-refractivity contribution in [3.8, 4) is 17.0 Å². The molecule has 0 unspecified atom stereocenters. The van der Waals surface area contributed by atoms with Gasteiger partial charge in [-0.05, 0) is 35.9 Å². The molecule has 3 aromatic rings. The minimum absolute atomic E-state index is 0.796. The van der Waals surface area contributed by atoms with Gasteiger partial charge < -0.3 is 9.30 Å². The van der Waals surface area contributed by atoms with E-state index in [1.54, 1.807) is 18.9 Å². The van der Waals surface area contributed by atoms with E-state index in [1.165, 1.54) is 0 Å². The van der Waals surface area contributed by atoms with Gasteiger partial charge in [0.05, 0.1) is 19.0 Å². The molecule has 23 heavy (non-hydrogen) atoms. The van der Waals surface area contributed by atoms with Gasteiger partial charge in [0, 0.05) is 23.4 Å². The lowest BCUT2D eigenvalue weighted by Gasteiger charge is -2.07. The molecule has 3 nitrogen and oxygen atoms in total. The highest BCUT2D eigenvalue weighted by molar-refractivity contribution is 7.98. The van der Waals surface area contributed by atoms with Gasteiger partial charge in [0.2, 0.25) is 0 Å². The predicted molar refractivity (Wildman–Crippen MR) is 96.2 cm³/mol. The van der Waals surface area contributed by atoms with Crippen molar-refractivity contribution in [2.75, 3.05) is 7.11 Å². The summed E-state index contributed by atoms with van der Waals surface area (Å²) in [5, 5.41) is 1.76. The molecule has 0 saturated heterocycles. The zero-order chi connectivity index (χ0) is 16.2. The molecule has 0 aliphatic carbocycles. The summed E-state index contributed by atoms with van der Waals surface area (Å²) in [6.07, 6.45) is 1.90. The smallest absolute Gasteiger partial charge is 0.168 e. The second kappa shape index (κ2) is 7.11. The fourth-order valence-corrected chi connectivity index (χ4v) is 3.55. The number of halogens is 1. The van der Waals surface area contributed by atoms with Gasteiger partial charge in [-0.15, -0.1) is 0 Å². The van der Waals surface area contributed by atoms with Crippen LogP contribution in [-0.2, 0) is 12.8 Å². The number of benzene rings is 2. The molecule has 0 spiro atoms. The Balaban J connectivity index is 1.77. The molecule has 3 rings (SSSR count). The molecule has 0 saturated carbocycles. The molecule has 0 aliphatic rings. The van der Waals surface area contributed by atoms with E-state index in [0.29, 0.717) is 0 Å². The van der Waals surface area contributed by atoms with Crippen molar-refractivity contribution in [3.63, 3.8) is 0 Å². The average molecular weight is 345 g/mol. The molecule has 2 aromatic carbocycles. The average Bonchev–Trinajstić information content (AvgIpc) is 2.95. The molecule has 0 fully saturated rings. The first-order chi connectivity index (χ1) is 11.2. The number of nitrogens with zero attached hydrogens (tertiary/aromatic N) is 2. The topological polar surface area (TPSA) is 27.1 Å². The van der Waals surface area contributed by atoms with Crippen molar-refractivity contribution in [1.29, 1.82) is 0 Å². The molecule has 0 bridgehead atoms. The van der Waals surface area contributed by atoms with Crippen LogP contribution in [0.1, 0.15) is 5.56 Å². The Labute approximate surface area is 145 Å². The zero-order valence-corrected chi connectivity index (χ0v) is 14.6. The molecule has 0 atom stereocenters. The summed E-state index contributed by atoms with van der Waals surface area (Å²) in [7, 11) is 3.70. The molecule has 1 aromatic heterocycles. The van der Waals surface area contributed by atoms with Crippen LogP contribution < -0.4 is 4.74 Å². The van der Waals surface area contributed by atoms with Crippen molar-refractivity contribution in [2.24, 2.45) is 7.05 Å². The summed E-state index contributed by atoms with van der Waals surface area (Å²) >= 11 is 7.89. The van der Waals surface area contributed by atoms with Crippen molar-refractivity contribution >= 4 is 23.4 Å². The first-order valence-corrected chi connectivity index (χ1v) is 8.57. The zero-order valence-electron chi connectivity index (χ0n) is 13.0. The van der Waals surface area contributed by atoms with Crippen molar-refractivity contribution in [3.05, 3.63) is 65.3 Å². The second-order valence-electron chi connectivity index (χ2n) is 5.09. The number of methoxy groups -OCH3 is 1. The lowest BCUT2D eigenvalue weighted by atomic mass is 10.1. The SMILES string of the molecule is COc1ccc(-c2cnc(SCc3ccccc3Cl)n2C)cc1. The lowest BCUT2D eigenvalue weighted by Crippen LogP contribution is -1.95. The minimum Gasteiger partial charge on any atom is -0.497 e. The molecule has 5 heteroatoms. The summed E-state index contributed by atoms with van der Waals surface area (Å²) in [4.78, 5) is 4.53. The van der Waals surface area contributed by atoms with Crippen LogP contribution in [0.4, 0.5) is 0 Å². The summed E-state index contributed by atoms with van der Waals surface area (Å²) in [5.41, 5.74) is 3.31. The van der Waals surface area contributed by atoms with Crippen LogP contribution in [0.3, 0.4) is 0 Å². The Morgan fingerprint density at radius 1 is 1.13 bits per heavy atom. The van der Waals surface area contributed by atoms with Gasteiger partial charge in [-0.3, -0.25) is 0 Å². The molecule has 1 heterocycles. The first-order valence-electron chi connectivity index (χ1n) is 7.21. The molecule has 118 valence electrons. The van der Waals surface area contributed by atoms with E-state index < -0.39 is 0 Å². The number of hydrogen-bond acceptors (Lipinski definition) is 3. The predicted octanol–water partition coefficient (Wildman–Crippen LogP) is 5.04. The second-order valence-corrected chi connectivity index (χ2v) is 6.44. The summed E-state index contributed by atoms with van der Waals surface area (Å²) < 4.78 is 7.30. The number of imidazole rings is 1. The Hall–Kier alpha value is -1.91. The van der Waals surface area contributed by atoms with Crippen molar-refractivity contribution in [1.82, 2.24) is 9.55 Å². The molecule has 0 radical (unpaired) electrons. The van der Waals surface area contributed by atoms with Gasteiger partial charge in [-0.1, -0.05) is 41.6 Å². The van der Waals surface area contributed by atoms with Gasteiger partial charge in [-0.2, -0.15) is 0 Å². The van der Waals surface area contributed by atoms with Gasteiger partial charge in [0.15, 0.2) is 5.16 Å². The Bertz CT molecular complexity index is 799. The van der Waals surface area contributed by atoms with Gasteiger partial charge in [-0.25, -0.2) is 4.98 Å². The molecular weight excluding hydrogens is 328 g/mol. The monoisotopic (exact) mass is 344 g/mol. The fourth-order valence-electron chi connectivity index (χ4n) is 2.31. The Morgan fingerprint density at radius 3 is 2.57 bits per heavy atom. The third kappa shape index (κ3) is 3.54. The minimum atomic E-state index is 0.796. The molecule has 0 N–H and O–H groups in total. The van der Waals surface area contributed by atoms with Crippen LogP contribution in [-0.4, -0.2) is 16.7 Å². The highest BCUT2D eigenvalue weighted by Crippen LogP contribution is 2.29. The van der Waals surface area contributed by atoms with E-state index in [0.717, 1.165) is 38.5 Å². The third-order valence-corrected chi connectivity index (χ3v) is 5.11. The van der Waals surface area contributed by atoms with Crippen LogP contribution >= 0.6 is 23.4 Å². The van der Waals surface area contributed by atoms with E-state index in [-0.39, 0.29) is 0 Å². The molecule has 0 aliphatic heterocycles. The van der Waals surface area contributed by atoms with Crippen LogP contribution in [0, 0.1) is 0 Å². The van der Waals surface area contributed by atoms with Crippen molar-refractivity contribution < 1.29 is 4.74 Å². The maximum Gasteiger partial charge on any atom is 0.168 e. The number of ether oxygens (including phenoxy) is 1. The highest BCUT2D eigenvalue weighted by atomic mass is 35.5. The van der Waals surface area contributed by atoms with Crippen molar-refractivity contribution in [2.45, 2.75) is 10.9 Å². The number of rotatable bonds is 5. The number of thioether (sulfide) groups is 1. The quantitative estimate of drug-likeness (QED) is 0.606. The van der Waals surface area contributed by atoms with E-state index in [9.17, 15) is 0 Å². The Morgan fingerprint density at radius 2 is 1.87 bits per heavy atom. The summed E-state index contributed by atoms with van der Waals surface area (Å²) in [6.45, 7) is 0. The van der Waals surface area contributed by atoms with E-state index in [2.05, 4.69) is 9.55 Å². The summed E-state index contributed by atoms with van der Waals surface area (Å²) in [5.74, 6) is 1.65. The lowest BCUT2D eigenvalue weighted by molar-refractivity contribution is 0.415.